The van der Waals surface area contributed by atoms with E-state index in [0.29, 0.717) is 0 Å². The molecule has 0 N–H and O–H groups in total. The van der Waals surface area contributed by atoms with Gasteiger partial charge in [-0.25, -0.2) is 16.8 Å². The van der Waals surface area contributed by atoms with Gasteiger partial charge in [-0.1, -0.05) is 89.8 Å². The second-order valence-electron chi connectivity index (χ2n) is 10.2. The summed E-state index contributed by atoms with van der Waals surface area (Å²) in [6, 6.07) is 17.7. The van der Waals surface area contributed by atoms with Crippen LogP contribution in [-0.2, 0) is 45.9 Å². The van der Waals surface area contributed by atoms with Crippen LogP contribution in [0.4, 0.5) is 0 Å². The van der Waals surface area contributed by atoms with Crippen molar-refractivity contribution in [3.8, 4) is 0 Å². The summed E-state index contributed by atoms with van der Waals surface area (Å²) < 4.78 is 67.0. The maximum Gasteiger partial charge on any atom is 2.00 e. The summed E-state index contributed by atoms with van der Waals surface area (Å²) >= 11 is 0. The number of hydrogen-bond acceptors (Lipinski definition) is 6. The molecule has 0 amide bonds. The smallest absolute Gasteiger partial charge is 0.744 e. The van der Waals surface area contributed by atoms with E-state index >= 15 is 0 Å². The fraction of sp³-hybridized carbons (Fsp3) is 0.375. The predicted octanol–water partition coefficient (Wildman–Crippen LogP) is 6.92. The largest absolute Gasteiger partial charge is 2.00 e. The number of rotatable bonds is 10. The fourth-order valence-electron chi connectivity index (χ4n) is 5.09. The third-order valence-corrected chi connectivity index (χ3v) is 8.50. The zero-order valence-corrected chi connectivity index (χ0v) is 28.2. The van der Waals surface area contributed by atoms with Gasteiger partial charge in [0.1, 0.15) is 20.2 Å². The topological polar surface area (TPSA) is 114 Å². The molecular weight excluding hydrogens is 585 g/mol. The molecule has 6 nitrogen and oxygen atoms in total. The van der Waals surface area contributed by atoms with Gasteiger partial charge in [0.2, 0.25) is 0 Å². The fourth-order valence-corrected chi connectivity index (χ4v) is 6.09. The van der Waals surface area contributed by atoms with Gasteiger partial charge in [0.05, 0.1) is 9.79 Å². The molecular formula is C32H38CaO6S2. The van der Waals surface area contributed by atoms with Crippen molar-refractivity contribution < 1.29 is 25.9 Å². The third-order valence-electron chi connectivity index (χ3n) is 6.84. The SMILES string of the molecule is CCCc1cc(CCC)c2cc(S(=O)(=O)[O-])ccc2c1.CCCc1cc(CCC)c2cc(S(=O)(=O)[O-])ccc2c1.[Ca+2]. The average Bonchev–Trinajstić information content (AvgIpc) is 2.88. The second-order valence-corrected chi connectivity index (χ2v) is 12.9. The predicted molar refractivity (Wildman–Crippen MR) is 166 cm³/mol. The maximum absolute atomic E-state index is 11.2. The number of hydrogen-bond donors (Lipinski definition) is 0. The van der Waals surface area contributed by atoms with Crippen LogP contribution in [0.15, 0.2) is 70.5 Å². The monoisotopic (exact) mass is 622 g/mol. The van der Waals surface area contributed by atoms with Gasteiger partial charge < -0.3 is 9.11 Å². The normalized spacial score (nSPS) is 11.7. The molecule has 0 aromatic heterocycles. The molecule has 0 spiro atoms. The zero-order chi connectivity index (χ0) is 29.5. The van der Waals surface area contributed by atoms with Gasteiger partial charge in [0, 0.05) is 0 Å². The average molecular weight is 623 g/mol. The van der Waals surface area contributed by atoms with Gasteiger partial charge in [-0.15, -0.1) is 0 Å². The van der Waals surface area contributed by atoms with Crippen molar-refractivity contribution in [2.45, 2.75) is 88.9 Å². The van der Waals surface area contributed by atoms with Crippen LogP contribution in [0.25, 0.3) is 21.5 Å². The molecule has 216 valence electrons. The van der Waals surface area contributed by atoms with Crippen LogP contribution in [0.3, 0.4) is 0 Å². The van der Waals surface area contributed by atoms with Crippen molar-refractivity contribution in [3.63, 3.8) is 0 Å². The molecule has 0 fully saturated rings. The van der Waals surface area contributed by atoms with Crippen molar-refractivity contribution in [2.24, 2.45) is 0 Å². The van der Waals surface area contributed by atoms with Crippen molar-refractivity contribution in [2.75, 3.05) is 0 Å². The molecule has 0 aliphatic heterocycles. The van der Waals surface area contributed by atoms with Crippen molar-refractivity contribution in [1.82, 2.24) is 0 Å². The summed E-state index contributed by atoms with van der Waals surface area (Å²) in [7, 11) is -8.79. The minimum atomic E-state index is -4.40. The summed E-state index contributed by atoms with van der Waals surface area (Å²) in [5.74, 6) is 0. The molecule has 0 aliphatic carbocycles. The second kappa shape index (κ2) is 15.8. The Morgan fingerprint density at radius 2 is 0.854 bits per heavy atom. The van der Waals surface area contributed by atoms with Crippen LogP contribution in [0, 0.1) is 0 Å². The van der Waals surface area contributed by atoms with Crippen molar-refractivity contribution in [3.05, 3.63) is 82.9 Å². The van der Waals surface area contributed by atoms with Crippen molar-refractivity contribution >= 4 is 79.5 Å². The molecule has 9 heteroatoms. The molecule has 0 heterocycles. The number of aryl methyl sites for hydroxylation is 4. The van der Waals surface area contributed by atoms with Crippen LogP contribution >= 0.6 is 0 Å². The van der Waals surface area contributed by atoms with Gasteiger partial charge in [0.25, 0.3) is 0 Å². The molecule has 0 atom stereocenters. The zero-order valence-electron chi connectivity index (χ0n) is 24.4. The van der Waals surface area contributed by atoms with E-state index in [9.17, 15) is 25.9 Å². The first kappa shape index (κ1) is 35.7. The molecule has 0 saturated heterocycles. The molecule has 41 heavy (non-hydrogen) atoms. The number of benzene rings is 4. The Morgan fingerprint density at radius 3 is 1.15 bits per heavy atom. The molecule has 0 unspecified atom stereocenters. The molecule has 0 bridgehead atoms. The van der Waals surface area contributed by atoms with E-state index in [4.69, 9.17) is 0 Å². The summed E-state index contributed by atoms with van der Waals surface area (Å²) in [6.07, 6.45) is 7.90. The first-order valence-electron chi connectivity index (χ1n) is 13.9. The Balaban J connectivity index is 0.000000280. The Bertz CT molecular complexity index is 1570. The van der Waals surface area contributed by atoms with Gasteiger partial charge >= 0.3 is 37.7 Å². The third kappa shape index (κ3) is 9.75. The van der Waals surface area contributed by atoms with Crippen LogP contribution < -0.4 is 0 Å². The maximum atomic E-state index is 11.2. The Labute approximate surface area is 275 Å². The number of fused-ring (bicyclic) bond motifs is 2. The van der Waals surface area contributed by atoms with E-state index in [2.05, 4.69) is 52.0 Å². The molecule has 0 saturated carbocycles. The molecule has 4 aromatic rings. The molecule has 4 rings (SSSR count). The Kier molecular flexibility index (Phi) is 13.8. The van der Waals surface area contributed by atoms with Crippen LogP contribution in [0.1, 0.15) is 75.6 Å². The molecule has 0 radical (unpaired) electrons. The first-order valence-corrected chi connectivity index (χ1v) is 16.8. The quantitative estimate of drug-likeness (QED) is 0.140. The van der Waals surface area contributed by atoms with E-state index in [1.54, 1.807) is 12.1 Å². The van der Waals surface area contributed by atoms with Gasteiger partial charge in [-0.2, -0.15) is 0 Å². The van der Waals surface area contributed by atoms with E-state index in [1.807, 2.05) is 0 Å². The minimum Gasteiger partial charge on any atom is -0.744 e. The van der Waals surface area contributed by atoms with Gasteiger partial charge in [-0.05, 0) is 93.7 Å². The Hall–Kier alpha value is -1.52. The van der Waals surface area contributed by atoms with E-state index < -0.39 is 20.2 Å². The summed E-state index contributed by atoms with van der Waals surface area (Å²) in [5.41, 5.74) is 4.78. The van der Waals surface area contributed by atoms with Crippen LogP contribution in [0.5, 0.6) is 0 Å². The van der Waals surface area contributed by atoms with Crippen LogP contribution in [0.2, 0.25) is 0 Å². The molecule has 0 aliphatic rings. The van der Waals surface area contributed by atoms with E-state index in [1.165, 1.54) is 35.4 Å². The first-order chi connectivity index (χ1) is 18.9. The minimum absolute atomic E-state index is 0. The summed E-state index contributed by atoms with van der Waals surface area (Å²) in [6.45, 7) is 8.45. The van der Waals surface area contributed by atoms with Gasteiger partial charge in [0.15, 0.2) is 0 Å². The van der Waals surface area contributed by atoms with Crippen molar-refractivity contribution in [1.29, 1.82) is 0 Å². The molecule has 4 aromatic carbocycles. The van der Waals surface area contributed by atoms with E-state index in [-0.39, 0.29) is 47.5 Å². The Morgan fingerprint density at radius 1 is 0.512 bits per heavy atom. The van der Waals surface area contributed by atoms with E-state index in [0.717, 1.165) is 84.0 Å². The standard InChI is InChI=1S/2C16H20O3S.Ca/c2*1-3-5-12-9-13(6-4-2)16-11-15(20(17,18)19)8-7-14(16)10-12;/h2*7-11H,3-6H2,1-2H3,(H,17,18,19);/q;;+2/p-2. The van der Waals surface area contributed by atoms with Gasteiger partial charge in [-0.3, -0.25) is 0 Å². The van der Waals surface area contributed by atoms with Crippen LogP contribution in [-0.4, -0.2) is 63.7 Å². The summed E-state index contributed by atoms with van der Waals surface area (Å²) in [5, 5.41) is 3.77. The summed E-state index contributed by atoms with van der Waals surface area (Å²) in [4.78, 5) is -0.295.